The summed E-state index contributed by atoms with van der Waals surface area (Å²) in [6, 6.07) is 4.73. The van der Waals surface area contributed by atoms with Crippen LogP contribution < -0.4 is 15.8 Å². The Hall–Kier alpha value is -3.06. The average Bonchev–Trinajstić information content (AvgIpc) is 3.12. The smallest absolute Gasteiger partial charge is 0.329 e. The Morgan fingerprint density at radius 2 is 2.18 bits per heavy atom. The summed E-state index contributed by atoms with van der Waals surface area (Å²) < 4.78 is 11.5. The van der Waals surface area contributed by atoms with Gasteiger partial charge in [-0.05, 0) is 55.7 Å². The maximum atomic E-state index is 12.3. The Morgan fingerprint density at radius 1 is 1.43 bits per heavy atom. The van der Waals surface area contributed by atoms with E-state index in [4.69, 9.17) is 15.2 Å². The molecule has 0 radical (unpaired) electrons. The van der Waals surface area contributed by atoms with Crippen molar-refractivity contribution < 1.29 is 19.1 Å². The predicted octanol–water partition coefficient (Wildman–Crippen LogP) is 3.03. The summed E-state index contributed by atoms with van der Waals surface area (Å²) in [6.45, 7) is 10.3. The molecule has 7 nitrogen and oxygen atoms in total. The zero-order valence-electron chi connectivity index (χ0n) is 16.3. The fourth-order valence-corrected chi connectivity index (χ4v) is 3.26. The summed E-state index contributed by atoms with van der Waals surface area (Å²) in [6.07, 6.45) is 4.80. The quantitative estimate of drug-likeness (QED) is 0.447. The van der Waals surface area contributed by atoms with E-state index in [9.17, 15) is 9.59 Å². The van der Waals surface area contributed by atoms with Crippen molar-refractivity contribution in [1.29, 1.82) is 0 Å². The Kier molecular flexibility index (Phi) is 5.29. The van der Waals surface area contributed by atoms with Gasteiger partial charge >= 0.3 is 6.03 Å². The van der Waals surface area contributed by atoms with Crippen molar-refractivity contribution in [1.82, 2.24) is 10.2 Å². The number of nitrogens with one attached hydrogen (secondary N) is 1. The van der Waals surface area contributed by atoms with Gasteiger partial charge < -0.3 is 20.5 Å². The van der Waals surface area contributed by atoms with Crippen LogP contribution in [0, 0.1) is 0 Å². The number of nitrogens with zero attached hydrogens (tertiary/aromatic N) is 1. The molecule has 7 heteroatoms. The van der Waals surface area contributed by atoms with Crippen molar-refractivity contribution in [3.05, 3.63) is 65.7 Å². The molecule has 3 amide bonds. The van der Waals surface area contributed by atoms with E-state index in [1.165, 1.54) is 12.3 Å². The largest absolute Gasteiger partial charge is 0.458 e. The number of carbonyl (C=O) groups is 2. The molecule has 0 saturated carbocycles. The van der Waals surface area contributed by atoms with Crippen LogP contribution in [0.1, 0.15) is 38.3 Å². The number of imide groups is 1. The summed E-state index contributed by atoms with van der Waals surface area (Å²) in [5, 5.41) is 2.62. The summed E-state index contributed by atoms with van der Waals surface area (Å²) in [4.78, 5) is 25.4. The SMILES string of the molecule is C=C(/C=C\C(=C/N)N1C(=O)N[C@H](CC)C1=O)Oc1ccc2c(c1)C(C)(C)OC2. The number of ether oxygens (including phenoxy) is 2. The lowest BCUT2D eigenvalue weighted by Crippen LogP contribution is -2.30. The molecule has 0 aromatic heterocycles. The number of benzene rings is 1. The zero-order valence-corrected chi connectivity index (χ0v) is 16.3. The molecule has 148 valence electrons. The van der Waals surface area contributed by atoms with E-state index in [1.807, 2.05) is 39.0 Å². The second-order valence-corrected chi connectivity index (χ2v) is 7.20. The van der Waals surface area contributed by atoms with E-state index in [0.717, 1.165) is 16.0 Å². The van der Waals surface area contributed by atoms with E-state index in [2.05, 4.69) is 11.9 Å². The van der Waals surface area contributed by atoms with Crippen molar-refractivity contribution in [2.45, 2.75) is 45.4 Å². The number of rotatable bonds is 6. The first-order chi connectivity index (χ1) is 13.3. The van der Waals surface area contributed by atoms with Crippen LogP contribution in [0.15, 0.2) is 54.6 Å². The molecule has 0 bridgehead atoms. The summed E-state index contributed by atoms with van der Waals surface area (Å²) in [5.74, 6) is 0.641. The van der Waals surface area contributed by atoms with Crippen molar-refractivity contribution in [2.24, 2.45) is 5.73 Å². The van der Waals surface area contributed by atoms with Crippen LogP contribution in [0.25, 0.3) is 0 Å². The van der Waals surface area contributed by atoms with Crippen LogP contribution in [-0.2, 0) is 21.7 Å². The maximum Gasteiger partial charge on any atom is 0.329 e. The molecule has 28 heavy (non-hydrogen) atoms. The topological polar surface area (TPSA) is 93.9 Å². The van der Waals surface area contributed by atoms with Gasteiger partial charge in [-0.15, -0.1) is 0 Å². The highest BCUT2D eigenvalue weighted by Gasteiger charge is 2.38. The first kappa shape index (κ1) is 19.7. The van der Waals surface area contributed by atoms with Crippen LogP contribution >= 0.6 is 0 Å². The van der Waals surface area contributed by atoms with Crippen LogP contribution in [0.4, 0.5) is 4.79 Å². The molecule has 3 N–H and O–H groups in total. The standard InChI is InChI=1S/C21H25N3O4/c1-5-18-19(25)24(20(26)23-18)15(11-22)8-6-13(2)28-16-9-7-14-12-27-21(3,4)17(14)10-16/h6-11,18H,2,5,12,22H2,1,3-4H3,(H,23,26)/b8-6-,15-11+/t18-/m1/s1. The Bertz CT molecular complexity index is 886. The molecule has 2 aliphatic heterocycles. The fraction of sp³-hybridized carbons (Fsp3) is 0.333. The number of hydrogen-bond donors (Lipinski definition) is 2. The highest BCUT2D eigenvalue weighted by Crippen LogP contribution is 2.38. The molecule has 1 atom stereocenters. The fourth-order valence-electron chi connectivity index (χ4n) is 3.26. The molecule has 3 rings (SSSR count). The number of urea groups is 1. The lowest BCUT2D eigenvalue weighted by atomic mass is 9.96. The molecule has 0 unspecified atom stereocenters. The van der Waals surface area contributed by atoms with Gasteiger partial charge in [0.2, 0.25) is 0 Å². The highest BCUT2D eigenvalue weighted by atomic mass is 16.5. The summed E-state index contributed by atoms with van der Waals surface area (Å²) >= 11 is 0. The lowest BCUT2D eigenvalue weighted by Gasteiger charge is -2.19. The van der Waals surface area contributed by atoms with Gasteiger partial charge in [0.15, 0.2) is 0 Å². The van der Waals surface area contributed by atoms with E-state index in [0.29, 0.717) is 24.5 Å². The van der Waals surface area contributed by atoms with Crippen LogP contribution in [0.2, 0.25) is 0 Å². The van der Waals surface area contributed by atoms with Gasteiger partial charge in [0.05, 0.1) is 17.9 Å². The minimum atomic E-state index is -0.535. The van der Waals surface area contributed by atoms with Crippen molar-refractivity contribution >= 4 is 11.9 Å². The molecule has 1 fully saturated rings. The van der Waals surface area contributed by atoms with E-state index >= 15 is 0 Å². The molecule has 1 aromatic rings. The van der Waals surface area contributed by atoms with Crippen LogP contribution in [0.3, 0.4) is 0 Å². The van der Waals surface area contributed by atoms with Gasteiger partial charge in [0.1, 0.15) is 17.6 Å². The Morgan fingerprint density at radius 3 is 2.82 bits per heavy atom. The number of amides is 3. The first-order valence-corrected chi connectivity index (χ1v) is 9.15. The molecule has 2 heterocycles. The highest BCUT2D eigenvalue weighted by molar-refractivity contribution is 6.06. The lowest BCUT2D eigenvalue weighted by molar-refractivity contribution is -0.126. The molecule has 2 aliphatic rings. The number of allylic oxidation sites excluding steroid dienone is 2. The third kappa shape index (κ3) is 3.66. The Balaban J connectivity index is 1.70. The molecular weight excluding hydrogens is 358 g/mol. The molecule has 1 aromatic carbocycles. The van der Waals surface area contributed by atoms with Gasteiger partial charge in [-0.2, -0.15) is 0 Å². The maximum absolute atomic E-state index is 12.3. The Labute approximate surface area is 164 Å². The van der Waals surface area contributed by atoms with Gasteiger partial charge in [-0.25, -0.2) is 9.69 Å². The summed E-state index contributed by atoms with van der Waals surface area (Å²) in [7, 11) is 0. The number of fused-ring (bicyclic) bond motifs is 1. The normalized spacial score (nSPS) is 21.2. The third-order valence-corrected chi connectivity index (χ3v) is 4.86. The van der Waals surface area contributed by atoms with Crippen LogP contribution in [0.5, 0.6) is 5.75 Å². The van der Waals surface area contributed by atoms with Crippen molar-refractivity contribution in [3.63, 3.8) is 0 Å². The monoisotopic (exact) mass is 383 g/mol. The first-order valence-electron chi connectivity index (χ1n) is 9.15. The second-order valence-electron chi connectivity index (χ2n) is 7.20. The van der Waals surface area contributed by atoms with Gasteiger partial charge in [0, 0.05) is 6.20 Å². The van der Waals surface area contributed by atoms with Crippen LogP contribution in [-0.4, -0.2) is 22.9 Å². The van der Waals surface area contributed by atoms with Gasteiger partial charge in [-0.3, -0.25) is 4.79 Å². The van der Waals surface area contributed by atoms with Gasteiger partial charge in [0.25, 0.3) is 5.91 Å². The molecular formula is C21H25N3O4. The zero-order chi connectivity index (χ0) is 20.5. The number of carbonyl (C=O) groups excluding carboxylic acids is 2. The predicted molar refractivity (Wildman–Crippen MR) is 105 cm³/mol. The molecule has 0 spiro atoms. The molecule has 1 saturated heterocycles. The number of hydrogen-bond acceptors (Lipinski definition) is 5. The summed E-state index contributed by atoms with van der Waals surface area (Å²) in [5.41, 5.74) is 7.73. The van der Waals surface area contributed by atoms with E-state index in [-0.39, 0.29) is 17.2 Å². The number of nitrogens with two attached hydrogens (primary N) is 1. The minimum Gasteiger partial charge on any atom is -0.458 e. The van der Waals surface area contributed by atoms with Crippen molar-refractivity contribution in [3.8, 4) is 5.75 Å². The second kappa shape index (κ2) is 7.52. The average molecular weight is 383 g/mol. The van der Waals surface area contributed by atoms with E-state index in [1.54, 1.807) is 6.08 Å². The molecule has 0 aliphatic carbocycles. The van der Waals surface area contributed by atoms with E-state index < -0.39 is 12.1 Å². The third-order valence-electron chi connectivity index (χ3n) is 4.86. The minimum absolute atomic E-state index is 0.256. The van der Waals surface area contributed by atoms with Gasteiger partial charge in [-0.1, -0.05) is 19.6 Å². The van der Waals surface area contributed by atoms with Crippen molar-refractivity contribution in [2.75, 3.05) is 0 Å².